The molecule has 2 heterocycles. The van der Waals surface area contributed by atoms with Gasteiger partial charge >= 0.3 is 0 Å². The third-order valence-corrected chi connectivity index (χ3v) is 6.69. The normalized spacial score (nSPS) is 14.0. The van der Waals surface area contributed by atoms with Crippen molar-refractivity contribution in [1.82, 2.24) is 14.8 Å². The maximum absolute atomic E-state index is 15.5. The molecule has 0 spiro atoms. The number of nitrogens with two attached hydrogens (primary N) is 1. The van der Waals surface area contributed by atoms with Gasteiger partial charge in [-0.25, -0.2) is 9.37 Å². The topological polar surface area (TPSA) is 89.8 Å². The van der Waals surface area contributed by atoms with E-state index in [-0.39, 0.29) is 22.3 Å². The van der Waals surface area contributed by atoms with Crippen LogP contribution >= 0.6 is 11.6 Å². The van der Waals surface area contributed by atoms with E-state index in [9.17, 15) is 5.26 Å². The van der Waals surface area contributed by atoms with Crippen LogP contribution in [0, 0.1) is 24.1 Å². The van der Waals surface area contributed by atoms with Gasteiger partial charge in [-0.15, -0.1) is 0 Å². The number of fused-ring (bicyclic) bond motifs is 1. The molecule has 8 heteroatoms. The summed E-state index contributed by atoms with van der Waals surface area (Å²) < 4.78 is 23.2. The largest absolute Gasteiger partial charge is 0.489 e. The molecule has 0 bridgehead atoms. The zero-order valence-corrected chi connectivity index (χ0v) is 19.7. The SMILES string of the molecule is Cc1cc(N)nc2cc(-c3cnn(C)c3-c3c(F)c(Cl)cc(OC4CCCC4)c3C#N)ccc12. The Morgan fingerprint density at radius 1 is 1.24 bits per heavy atom. The monoisotopic (exact) mass is 475 g/mol. The van der Waals surface area contributed by atoms with Crippen LogP contribution in [0.3, 0.4) is 0 Å². The van der Waals surface area contributed by atoms with Gasteiger partial charge in [-0.2, -0.15) is 10.4 Å². The molecule has 4 aromatic rings. The summed E-state index contributed by atoms with van der Waals surface area (Å²) in [5.41, 5.74) is 9.74. The van der Waals surface area contributed by atoms with Crippen molar-refractivity contribution in [3.63, 3.8) is 0 Å². The average molecular weight is 476 g/mol. The number of pyridine rings is 1. The van der Waals surface area contributed by atoms with E-state index >= 15 is 4.39 Å². The van der Waals surface area contributed by atoms with E-state index in [2.05, 4.69) is 16.2 Å². The smallest absolute Gasteiger partial charge is 0.152 e. The fourth-order valence-electron chi connectivity index (χ4n) is 4.76. The number of anilines is 1. The lowest BCUT2D eigenvalue weighted by Crippen LogP contribution is -2.13. The van der Waals surface area contributed by atoms with Crippen molar-refractivity contribution in [3.05, 3.63) is 58.5 Å². The van der Waals surface area contributed by atoms with E-state index in [4.69, 9.17) is 22.1 Å². The van der Waals surface area contributed by atoms with Gasteiger partial charge < -0.3 is 10.5 Å². The highest BCUT2D eigenvalue weighted by Crippen LogP contribution is 2.42. The van der Waals surface area contributed by atoms with E-state index in [1.54, 1.807) is 17.9 Å². The number of hydrogen-bond acceptors (Lipinski definition) is 5. The number of ether oxygens (including phenoxy) is 1. The molecule has 1 saturated carbocycles. The second-order valence-electron chi connectivity index (χ2n) is 8.68. The first-order valence-corrected chi connectivity index (χ1v) is 11.5. The third-order valence-electron chi connectivity index (χ3n) is 6.41. The van der Waals surface area contributed by atoms with Crippen molar-refractivity contribution < 1.29 is 9.13 Å². The molecule has 0 unspecified atom stereocenters. The molecule has 0 atom stereocenters. The Labute approximate surface area is 201 Å². The fraction of sp³-hybridized carbons (Fsp3) is 0.269. The number of nitrogens with zero attached hydrogens (tertiary/aromatic N) is 4. The summed E-state index contributed by atoms with van der Waals surface area (Å²) in [6.07, 6.45) is 5.58. The summed E-state index contributed by atoms with van der Waals surface area (Å²) in [5, 5.41) is 15.3. The molecule has 1 fully saturated rings. The molecule has 172 valence electrons. The van der Waals surface area contributed by atoms with E-state index < -0.39 is 5.82 Å². The number of aromatic nitrogens is 3. The predicted molar refractivity (Wildman–Crippen MR) is 131 cm³/mol. The van der Waals surface area contributed by atoms with Gasteiger partial charge in [0.25, 0.3) is 0 Å². The number of hydrogen-bond donors (Lipinski definition) is 1. The van der Waals surface area contributed by atoms with Crippen LogP contribution < -0.4 is 10.5 Å². The van der Waals surface area contributed by atoms with Gasteiger partial charge in [-0.1, -0.05) is 23.7 Å². The van der Waals surface area contributed by atoms with Crippen LogP contribution in [0.5, 0.6) is 5.75 Å². The zero-order chi connectivity index (χ0) is 24.0. The Kier molecular flexibility index (Phi) is 5.62. The van der Waals surface area contributed by atoms with Crippen LogP contribution in [0.15, 0.2) is 36.5 Å². The van der Waals surface area contributed by atoms with Gasteiger partial charge in [0.05, 0.1) is 34.1 Å². The first-order chi connectivity index (χ1) is 16.4. The van der Waals surface area contributed by atoms with E-state index in [0.29, 0.717) is 22.8 Å². The molecule has 1 aliphatic carbocycles. The maximum Gasteiger partial charge on any atom is 0.152 e. The molecular weight excluding hydrogens is 453 g/mol. The van der Waals surface area contributed by atoms with Gasteiger partial charge in [-0.3, -0.25) is 4.68 Å². The number of halogens is 2. The van der Waals surface area contributed by atoms with Gasteiger partial charge in [0.15, 0.2) is 5.82 Å². The van der Waals surface area contributed by atoms with Crippen molar-refractivity contribution in [3.8, 4) is 34.2 Å². The second kappa shape index (κ2) is 8.62. The van der Waals surface area contributed by atoms with Crippen molar-refractivity contribution in [2.75, 3.05) is 5.73 Å². The Morgan fingerprint density at radius 3 is 2.74 bits per heavy atom. The molecule has 0 amide bonds. The van der Waals surface area contributed by atoms with E-state index in [1.807, 2.05) is 31.2 Å². The lowest BCUT2D eigenvalue weighted by atomic mass is 9.96. The third kappa shape index (κ3) is 3.74. The van der Waals surface area contributed by atoms with Crippen LogP contribution in [0.4, 0.5) is 10.2 Å². The second-order valence-corrected chi connectivity index (χ2v) is 9.09. The fourth-order valence-corrected chi connectivity index (χ4v) is 4.95. The molecule has 1 aliphatic rings. The molecule has 0 aliphatic heterocycles. The highest BCUT2D eigenvalue weighted by molar-refractivity contribution is 6.31. The lowest BCUT2D eigenvalue weighted by Gasteiger charge is -2.18. The molecule has 34 heavy (non-hydrogen) atoms. The van der Waals surface area contributed by atoms with Gasteiger partial charge in [0.2, 0.25) is 0 Å². The Balaban J connectivity index is 1.71. The minimum Gasteiger partial charge on any atom is -0.489 e. The predicted octanol–water partition coefficient (Wildman–Crippen LogP) is 6.18. The van der Waals surface area contributed by atoms with E-state index in [1.165, 1.54) is 6.07 Å². The molecule has 0 saturated heterocycles. The number of aryl methyl sites for hydroxylation is 2. The summed E-state index contributed by atoms with van der Waals surface area (Å²) in [5.74, 6) is 0.0438. The van der Waals surface area contributed by atoms with Crippen molar-refractivity contribution in [2.45, 2.75) is 38.7 Å². The molecule has 5 rings (SSSR count). The lowest BCUT2D eigenvalue weighted by molar-refractivity contribution is 0.209. The Morgan fingerprint density at radius 2 is 2.00 bits per heavy atom. The summed E-state index contributed by atoms with van der Waals surface area (Å²) in [7, 11) is 1.71. The Bertz CT molecular complexity index is 1470. The van der Waals surface area contributed by atoms with Crippen LogP contribution in [-0.4, -0.2) is 20.9 Å². The minimum atomic E-state index is -0.680. The zero-order valence-electron chi connectivity index (χ0n) is 18.9. The molecule has 6 nitrogen and oxygen atoms in total. The summed E-state index contributed by atoms with van der Waals surface area (Å²) >= 11 is 6.30. The maximum atomic E-state index is 15.5. The van der Waals surface area contributed by atoms with E-state index in [0.717, 1.165) is 47.7 Å². The first kappa shape index (κ1) is 22.2. The average Bonchev–Trinajstić information content (AvgIpc) is 3.45. The molecule has 0 radical (unpaired) electrons. The molecule has 2 N–H and O–H groups in total. The first-order valence-electron chi connectivity index (χ1n) is 11.2. The number of rotatable bonds is 4. The molecular formula is C26H23ClFN5O. The molecule has 2 aromatic carbocycles. The highest BCUT2D eigenvalue weighted by Gasteiger charge is 2.27. The van der Waals surface area contributed by atoms with Crippen LogP contribution in [0.2, 0.25) is 5.02 Å². The van der Waals surface area contributed by atoms with Gasteiger partial charge in [0.1, 0.15) is 23.2 Å². The van der Waals surface area contributed by atoms with Crippen molar-refractivity contribution in [1.29, 1.82) is 5.26 Å². The minimum absolute atomic E-state index is 0.00672. The van der Waals surface area contributed by atoms with Crippen molar-refractivity contribution >= 4 is 28.3 Å². The number of nitriles is 1. The van der Waals surface area contributed by atoms with Crippen LogP contribution in [-0.2, 0) is 7.05 Å². The van der Waals surface area contributed by atoms with Gasteiger partial charge in [0, 0.05) is 24.1 Å². The quantitative estimate of drug-likeness (QED) is 0.380. The Hall–Kier alpha value is -3.63. The molecule has 2 aromatic heterocycles. The summed E-state index contributed by atoms with van der Waals surface area (Å²) in [4.78, 5) is 4.45. The van der Waals surface area contributed by atoms with Crippen LogP contribution in [0.1, 0.15) is 36.8 Å². The summed E-state index contributed by atoms with van der Waals surface area (Å²) in [6.45, 7) is 1.97. The highest BCUT2D eigenvalue weighted by atomic mass is 35.5. The summed E-state index contributed by atoms with van der Waals surface area (Å²) in [6, 6.07) is 11.2. The number of benzene rings is 2. The number of nitrogen functional groups attached to an aromatic ring is 1. The van der Waals surface area contributed by atoms with Gasteiger partial charge in [-0.05, 0) is 55.9 Å². The standard InChI is InChI=1S/C26H23ClFN5O/c1-14-9-23(30)32-21-10-15(7-8-17(14)21)19-13-31-33(2)26(19)24-18(12-29)22(11-20(27)25(24)28)34-16-5-3-4-6-16/h7-11,13,16H,3-6H2,1-2H3,(H2,30,32). The van der Waals surface area contributed by atoms with Crippen LogP contribution in [0.25, 0.3) is 33.3 Å². The van der Waals surface area contributed by atoms with Crippen molar-refractivity contribution in [2.24, 2.45) is 7.05 Å².